The van der Waals surface area contributed by atoms with Gasteiger partial charge in [-0.3, -0.25) is 0 Å². The first-order valence-corrected chi connectivity index (χ1v) is 10.3. The quantitative estimate of drug-likeness (QED) is 0.273. The third-order valence-corrected chi connectivity index (χ3v) is 4.71. The highest BCUT2D eigenvalue weighted by Crippen LogP contribution is 2.35. The molecule has 1 aromatic heterocycles. The molecule has 0 radical (unpaired) electrons. The fraction of sp³-hybridized carbons (Fsp3) is 0.185. The van der Waals surface area contributed by atoms with Gasteiger partial charge in [0, 0.05) is 17.2 Å². The molecule has 0 atom stereocenters. The van der Waals surface area contributed by atoms with Gasteiger partial charge in [-0.05, 0) is 74.7 Å². The summed E-state index contributed by atoms with van der Waals surface area (Å²) in [5.41, 5.74) is 5.82. The predicted octanol–water partition coefficient (Wildman–Crippen LogP) is 6.83. The van der Waals surface area contributed by atoms with Crippen LogP contribution in [0.1, 0.15) is 31.9 Å². The van der Waals surface area contributed by atoms with Gasteiger partial charge < -0.3 is 9.15 Å². The smallest absolute Gasteiger partial charge is 0.331 e. The molecule has 0 saturated heterocycles. The molecule has 0 N–H and O–H groups in total. The van der Waals surface area contributed by atoms with Gasteiger partial charge in [0.1, 0.15) is 11.1 Å². The SMILES string of the molecule is Cc1cc(-c2ccccc2/C=C/C(=O)OC(C)(C)C)c2oc(-c3ccccc3)nc2c1. The average Bonchev–Trinajstić information content (AvgIpc) is 3.15. The Morgan fingerprint density at radius 2 is 1.68 bits per heavy atom. The van der Waals surface area contributed by atoms with Crippen LogP contribution >= 0.6 is 0 Å². The van der Waals surface area contributed by atoms with Gasteiger partial charge in [0.15, 0.2) is 5.58 Å². The van der Waals surface area contributed by atoms with Crippen LogP contribution in [0, 0.1) is 6.92 Å². The highest BCUT2D eigenvalue weighted by atomic mass is 16.6. The third-order valence-electron chi connectivity index (χ3n) is 4.71. The maximum atomic E-state index is 12.2. The Kier molecular flexibility index (Phi) is 5.47. The number of ether oxygens (including phenoxy) is 1. The van der Waals surface area contributed by atoms with Crippen LogP contribution in [0.5, 0.6) is 0 Å². The summed E-state index contributed by atoms with van der Waals surface area (Å²) in [4.78, 5) is 16.9. The molecule has 3 aromatic carbocycles. The maximum absolute atomic E-state index is 12.2. The molecule has 4 rings (SSSR count). The van der Waals surface area contributed by atoms with Crippen molar-refractivity contribution in [2.24, 2.45) is 0 Å². The molecule has 1 heterocycles. The molecule has 156 valence electrons. The summed E-state index contributed by atoms with van der Waals surface area (Å²) in [6.45, 7) is 7.60. The number of aromatic nitrogens is 1. The Bertz CT molecular complexity index is 1260. The van der Waals surface area contributed by atoms with E-state index in [-0.39, 0.29) is 5.97 Å². The second kappa shape index (κ2) is 8.23. The Morgan fingerprint density at radius 1 is 0.968 bits per heavy atom. The van der Waals surface area contributed by atoms with Crippen molar-refractivity contribution < 1.29 is 13.9 Å². The van der Waals surface area contributed by atoms with Gasteiger partial charge in [0.2, 0.25) is 5.89 Å². The number of aryl methyl sites for hydroxylation is 1. The van der Waals surface area contributed by atoms with E-state index in [4.69, 9.17) is 14.1 Å². The van der Waals surface area contributed by atoms with E-state index >= 15 is 0 Å². The normalized spacial score (nSPS) is 11.9. The summed E-state index contributed by atoms with van der Waals surface area (Å²) >= 11 is 0. The fourth-order valence-corrected chi connectivity index (χ4v) is 3.46. The maximum Gasteiger partial charge on any atom is 0.331 e. The minimum absolute atomic E-state index is 0.372. The molecule has 4 nitrogen and oxygen atoms in total. The van der Waals surface area contributed by atoms with E-state index in [2.05, 4.69) is 6.07 Å². The van der Waals surface area contributed by atoms with Crippen LogP contribution in [-0.2, 0) is 9.53 Å². The van der Waals surface area contributed by atoms with E-state index in [1.165, 1.54) is 6.08 Å². The van der Waals surface area contributed by atoms with Gasteiger partial charge >= 0.3 is 5.97 Å². The Hall–Kier alpha value is -3.66. The summed E-state index contributed by atoms with van der Waals surface area (Å²) in [6.07, 6.45) is 3.25. The van der Waals surface area contributed by atoms with E-state index in [9.17, 15) is 4.79 Å². The predicted molar refractivity (Wildman–Crippen MR) is 124 cm³/mol. The van der Waals surface area contributed by atoms with Crippen LogP contribution in [-0.4, -0.2) is 16.6 Å². The van der Waals surface area contributed by atoms with Gasteiger partial charge in [-0.25, -0.2) is 9.78 Å². The van der Waals surface area contributed by atoms with Crippen molar-refractivity contribution in [3.63, 3.8) is 0 Å². The van der Waals surface area contributed by atoms with Crippen LogP contribution in [0.25, 0.3) is 39.8 Å². The molecule has 0 aliphatic carbocycles. The first-order chi connectivity index (χ1) is 14.8. The fourth-order valence-electron chi connectivity index (χ4n) is 3.46. The molecular weight excluding hydrogens is 386 g/mol. The summed E-state index contributed by atoms with van der Waals surface area (Å²) in [5, 5.41) is 0. The van der Waals surface area contributed by atoms with E-state index < -0.39 is 5.60 Å². The molecule has 0 amide bonds. The molecule has 0 fully saturated rings. The molecule has 0 spiro atoms. The highest BCUT2D eigenvalue weighted by molar-refractivity contribution is 5.96. The zero-order valence-corrected chi connectivity index (χ0v) is 18.2. The van der Waals surface area contributed by atoms with Gasteiger partial charge in [-0.15, -0.1) is 0 Å². The lowest BCUT2D eigenvalue weighted by atomic mass is 9.97. The van der Waals surface area contributed by atoms with Crippen molar-refractivity contribution in [3.05, 3.63) is 83.9 Å². The number of benzene rings is 3. The Balaban J connectivity index is 1.79. The van der Waals surface area contributed by atoms with Crippen molar-refractivity contribution in [1.82, 2.24) is 4.98 Å². The number of oxazole rings is 1. The van der Waals surface area contributed by atoms with E-state index in [0.717, 1.165) is 38.9 Å². The standard InChI is InChI=1S/C27H25NO3/c1-18-16-22(25-23(17-18)28-26(30-25)20-11-6-5-7-12-20)21-13-9-8-10-19(21)14-15-24(29)31-27(2,3)4/h5-17H,1-4H3/b15-14+. The van der Waals surface area contributed by atoms with Gasteiger partial charge in [0.05, 0.1) is 0 Å². The number of esters is 1. The Morgan fingerprint density at radius 3 is 2.42 bits per heavy atom. The van der Waals surface area contributed by atoms with Crippen LogP contribution in [0.15, 0.2) is 77.2 Å². The number of hydrogen-bond donors (Lipinski definition) is 0. The van der Waals surface area contributed by atoms with Crippen LogP contribution < -0.4 is 0 Å². The summed E-state index contributed by atoms with van der Waals surface area (Å²) in [6, 6.07) is 21.9. The first kappa shape index (κ1) is 20.6. The molecule has 0 aliphatic rings. The molecule has 0 unspecified atom stereocenters. The lowest BCUT2D eigenvalue weighted by Crippen LogP contribution is -2.22. The number of nitrogens with zero attached hydrogens (tertiary/aromatic N) is 1. The van der Waals surface area contributed by atoms with Gasteiger partial charge in [0.25, 0.3) is 0 Å². The van der Waals surface area contributed by atoms with Gasteiger partial charge in [-0.1, -0.05) is 42.5 Å². The number of hydrogen-bond acceptors (Lipinski definition) is 4. The number of fused-ring (bicyclic) bond motifs is 1. The van der Waals surface area contributed by atoms with E-state index in [1.54, 1.807) is 6.08 Å². The summed E-state index contributed by atoms with van der Waals surface area (Å²) in [7, 11) is 0. The second-order valence-electron chi connectivity index (χ2n) is 8.50. The van der Waals surface area contributed by atoms with Crippen molar-refractivity contribution in [1.29, 1.82) is 0 Å². The minimum Gasteiger partial charge on any atom is -0.457 e. The molecule has 31 heavy (non-hydrogen) atoms. The third kappa shape index (κ3) is 4.75. The molecule has 4 heteroatoms. The number of carbonyl (C=O) groups excluding carboxylic acids is 1. The van der Waals surface area contributed by atoms with Crippen molar-refractivity contribution >= 4 is 23.1 Å². The highest BCUT2D eigenvalue weighted by Gasteiger charge is 2.17. The summed E-state index contributed by atoms with van der Waals surface area (Å²) < 4.78 is 11.6. The monoisotopic (exact) mass is 411 g/mol. The largest absolute Gasteiger partial charge is 0.457 e. The van der Waals surface area contributed by atoms with Gasteiger partial charge in [-0.2, -0.15) is 0 Å². The van der Waals surface area contributed by atoms with Crippen molar-refractivity contribution in [2.45, 2.75) is 33.3 Å². The van der Waals surface area contributed by atoms with Crippen LogP contribution in [0.4, 0.5) is 0 Å². The van der Waals surface area contributed by atoms with E-state index in [1.807, 2.05) is 88.4 Å². The number of rotatable bonds is 4. The van der Waals surface area contributed by atoms with Crippen molar-refractivity contribution in [3.8, 4) is 22.6 Å². The zero-order chi connectivity index (χ0) is 22.0. The molecular formula is C27H25NO3. The first-order valence-electron chi connectivity index (χ1n) is 10.3. The molecule has 0 aliphatic heterocycles. The minimum atomic E-state index is -0.530. The Labute approximate surface area is 182 Å². The molecule has 0 bridgehead atoms. The number of carbonyl (C=O) groups is 1. The van der Waals surface area contributed by atoms with Crippen molar-refractivity contribution in [2.75, 3.05) is 0 Å². The summed E-state index contributed by atoms with van der Waals surface area (Å²) in [5.74, 6) is 0.215. The average molecular weight is 412 g/mol. The topological polar surface area (TPSA) is 52.3 Å². The molecule has 0 saturated carbocycles. The molecule has 4 aromatic rings. The lowest BCUT2D eigenvalue weighted by Gasteiger charge is -2.18. The second-order valence-corrected chi connectivity index (χ2v) is 8.50. The van der Waals surface area contributed by atoms with E-state index in [0.29, 0.717) is 5.89 Å². The lowest BCUT2D eigenvalue weighted by molar-refractivity contribution is -0.148. The van der Waals surface area contributed by atoms with Crippen LogP contribution in [0.2, 0.25) is 0 Å². The van der Waals surface area contributed by atoms with Crippen LogP contribution in [0.3, 0.4) is 0 Å². The zero-order valence-electron chi connectivity index (χ0n) is 18.2.